The minimum Gasteiger partial charge on any atom is -0.494 e. The number of H-pyrrole nitrogens is 1. The molecule has 4 aromatic carbocycles. The fourth-order valence-corrected chi connectivity index (χ4v) is 5.60. The zero-order valence-corrected chi connectivity index (χ0v) is 21.6. The fourth-order valence-electron chi connectivity index (χ4n) is 4.60. The highest BCUT2D eigenvalue weighted by molar-refractivity contribution is 7.90. The quantitative estimate of drug-likeness (QED) is 0.269. The summed E-state index contributed by atoms with van der Waals surface area (Å²) in [7, 11) is -2.61. The van der Waals surface area contributed by atoms with Crippen molar-refractivity contribution in [2.24, 2.45) is 5.73 Å². The van der Waals surface area contributed by atoms with E-state index >= 15 is 0 Å². The number of rotatable bonds is 8. The van der Waals surface area contributed by atoms with E-state index in [0.29, 0.717) is 27.8 Å². The number of fused-ring (bicyclic) bond motifs is 3. The van der Waals surface area contributed by atoms with Crippen LogP contribution in [0.15, 0.2) is 83.8 Å². The van der Waals surface area contributed by atoms with Crippen molar-refractivity contribution in [3.63, 3.8) is 0 Å². The van der Waals surface area contributed by atoms with Gasteiger partial charge in [0.05, 0.1) is 30.4 Å². The van der Waals surface area contributed by atoms with E-state index in [0.717, 1.165) is 16.3 Å². The molecule has 0 atom stereocenters. The van der Waals surface area contributed by atoms with E-state index in [-0.39, 0.29) is 23.5 Å². The maximum atomic E-state index is 14.5. The van der Waals surface area contributed by atoms with E-state index < -0.39 is 27.7 Å². The number of nitrogens with two attached hydrogens (primary N) is 1. The Bertz CT molecular complexity index is 1850. The third kappa shape index (κ3) is 5.32. The third-order valence-electron chi connectivity index (χ3n) is 6.37. The lowest BCUT2D eigenvalue weighted by Crippen LogP contribution is -2.31. The van der Waals surface area contributed by atoms with Crippen molar-refractivity contribution in [1.82, 2.24) is 9.71 Å². The van der Waals surface area contributed by atoms with Gasteiger partial charge in [-0.15, -0.1) is 0 Å². The average molecular weight is 546 g/mol. The number of hydrogen-bond donors (Lipinski definition) is 3. The molecule has 5 aromatic rings. The Hall–Kier alpha value is -4.70. The van der Waals surface area contributed by atoms with Crippen LogP contribution in [0.1, 0.15) is 11.1 Å². The van der Waals surface area contributed by atoms with Crippen LogP contribution in [0.3, 0.4) is 0 Å². The second-order valence-electron chi connectivity index (χ2n) is 9.07. The molecule has 0 spiro atoms. The first kappa shape index (κ1) is 25.9. The highest BCUT2D eigenvalue weighted by Crippen LogP contribution is 2.35. The molecule has 0 saturated heterocycles. The number of hydrogen-bond acceptors (Lipinski definition) is 5. The second kappa shape index (κ2) is 10.2. The van der Waals surface area contributed by atoms with Gasteiger partial charge in [-0.2, -0.15) is 0 Å². The zero-order valence-electron chi connectivity index (χ0n) is 20.8. The largest absolute Gasteiger partial charge is 0.494 e. The maximum Gasteiger partial charge on any atom is 0.264 e. The molecule has 1 heterocycles. The summed E-state index contributed by atoms with van der Waals surface area (Å²) in [6, 6.07) is 21.2. The fraction of sp³-hybridized carbons (Fsp3) is 0.103. The van der Waals surface area contributed by atoms with Gasteiger partial charge in [0, 0.05) is 16.3 Å². The Labute approximate surface area is 223 Å². The van der Waals surface area contributed by atoms with Crippen LogP contribution >= 0.6 is 0 Å². The van der Waals surface area contributed by atoms with Crippen LogP contribution in [-0.4, -0.2) is 32.3 Å². The first-order valence-electron chi connectivity index (χ1n) is 11.9. The summed E-state index contributed by atoms with van der Waals surface area (Å²) < 4.78 is 46.7. The Kier molecular flexibility index (Phi) is 6.80. The smallest absolute Gasteiger partial charge is 0.264 e. The SMILES string of the molecule is COc1ccc(-c2cc(CC(N)=O)c3[nH]c4ccc(CC(=O)NS(=O)(=O)c5ccccc5)cc4c3c2)cc1F. The van der Waals surface area contributed by atoms with Crippen LogP contribution in [0.4, 0.5) is 4.39 Å². The van der Waals surface area contributed by atoms with Gasteiger partial charge in [0.2, 0.25) is 11.8 Å². The molecule has 4 N–H and O–H groups in total. The van der Waals surface area contributed by atoms with Crippen molar-refractivity contribution in [3.8, 4) is 16.9 Å². The van der Waals surface area contributed by atoms with Gasteiger partial charge in [0.15, 0.2) is 11.6 Å². The molecule has 0 aliphatic carbocycles. The number of halogens is 1. The molecule has 0 radical (unpaired) electrons. The number of carbonyl (C=O) groups is 2. The summed E-state index contributed by atoms with van der Waals surface area (Å²) in [5, 5.41) is 1.50. The first-order valence-corrected chi connectivity index (χ1v) is 13.4. The molecule has 0 bridgehead atoms. The average Bonchev–Trinajstić information content (AvgIpc) is 3.27. The van der Waals surface area contributed by atoms with Gasteiger partial charge in [-0.3, -0.25) is 9.59 Å². The Morgan fingerprint density at radius 2 is 1.69 bits per heavy atom. The summed E-state index contributed by atoms with van der Waals surface area (Å²) in [6.07, 6.45) is -0.214. The van der Waals surface area contributed by atoms with Gasteiger partial charge < -0.3 is 15.5 Å². The van der Waals surface area contributed by atoms with Crippen molar-refractivity contribution in [2.45, 2.75) is 17.7 Å². The Morgan fingerprint density at radius 1 is 0.923 bits per heavy atom. The van der Waals surface area contributed by atoms with Crippen molar-refractivity contribution in [2.75, 3.05) is 7.11 Å². The second-order valence-corrected chi connectivity index (χ2v) is 10.8. The standard InChI is InChI=1S/C29H24FN3O5S/c1-38-26-10-8-18(15-24(26)30)19-13-20(16-27(31)34)29-23(14-19)22-11-17(7-9-25(22)32-29)12-28(35)33-39(36,37)21-5-3-2-4-6-21/h2-11,13-15,32H,12,16H2,1H3,(H2,31,34)(H,33,35). The molecule has 5 rings (SSSR count). The van der Waals surface area contributed by atoms with Crippen molar-refractivity contribution < 1.29 is 27.1 Å². The maximum absolute atomic E-state index is 14.5. The van der Waals surface area contributed by atoms with Crippen molar-refractivity contribution in [3.05, 3.63) is 95.8 Å². The predicted octanol–water partition coefficient (Wildman–Crippen LogP) is 4.21. The molecule has 1 aromatic heterocycles. The van der Waals surface area contributed by atoms with E-state index in [2.05, 4.69) is 9.71 Å². The van der Waals surface area contributed by atoms with Gasteiger partial charge in [-0.05, 0) is 70.8 Å². The summed E-state index contributed by atoms with van der Waals surface area (Å²) in [5.41, 5.74) is 9.41. The van der Waals surface area contributed by atoms with Gasteiger partial charge in [-0.1, -0.05) is 30.3 Å². The number of primary amides is 1. The normalized spacial score (nSPS) is 11.5. The van der Waals surface area contributed by atoms with E-state index in [9.17, 15) is 22.4 Å². The highest BCUT2D eigenvalue weighted by atomic mass is 32.2. The molecule has 0 fully saturated rings. The molecule has 8 nitrogen and oxygen atoms in total. The summed E-state index contributed by atoms with van der Waals surface area (Å²) in [6.45, 7) is 0. The Balaban J connectivity index is 1.54. The predicted molar refractivity (Wildman–Crippen MR) is 146 cm³/mol. The van der Waals surface area contributed by atoms with E-state index in [1.165, 1.54) is 31.4 Å². The number of benzene rings is 4. The number of amides is 2. The number of carbonyl (C=O) groups excluding carboxylic acids is 2. The monoisotopic (exact) mass is 545 g/mol. The topological polar surface area (TPSA) is 131 Å². The summed E-state index contributed by atoms with van der Waals surface area (Å²) in [5.74, 6) is -1.61. The van der Waals surface area contributed by atoms with Crippen molar-refractivity contribution >= 4 is 43.6 Å². The molecular formula is C29H24FN3O5S. The van der Waals surface area contributed by atoms with E-state index in [1.807, 2.05) is 6.07 Å². The number of aromatic nitrogens is 1. The first-order chi connectivity index (χ1) is 18.6. The number of sulfonamides is 1. The molecule has 198 valence electrons. The van der Waals surface area contributed by atoms with E-state index in [1.54, 1.807) is 48.5 Å². The van der Waals surface area contributed by atoms with Crippen LogP contribution in [0.2, 0.25) is 0 Å². The number of ether oxygens (including phenoxy) is 1. The highest BCUT2D eigenvalue weighted by Gasteiger charge is 2.19. The molecule has 0 aliphatic rings. The van der Waals surface area contributed by atoms with Crippen LogP contribution in [0.25, 0.3) is 32.9 Å². The Morgan fingerprint density at radius 3 is 2.38 bits per heavy atom. The van der Waals surface area contributed by atoms with E-state index in [4.69, 9.17) is 10.5 Å². The number of nitrogens with one attached hydrogen (secondary N) is 2. The molecule has 2 amide bonds. The molecule has 39 heavy (non-hydrogen) atoms. The van der Waals surface area contributed by atoms with Crippen LogP contribution in [0.5, 0.6) is 5.75 Å². The lowest BCUT2D eigenvalue weighted by atomic mass is 9.97. The van der Waals surface area contributed by atoms with Gasteiger partial charge >= 0.3 is 0 Å². The number of methoxy groups -OCH3 is 1. The van der Waals surface area contributed by atoms with Crippen LogP contribution < -0.4 is 15.2 Å². The van der Waals surface area contributed by atoms with Gasteiger partial charge in [-0.25, -0.2) is 17.5 Å². The summed E-state index contributed by atoms with van der Waals surface area (Å²) in [4.78, 5) is 27.8. The van der Waals surface area contributed by atoms with Gasteiger partial charge in [0.25, 0.3) is 10.0 Å². The van der Waals surface area contributed by atoms with Crippen LogP contribution in [0, 0.1) is 5.82 Å². The third-order valence-corrected chi connectivity index (χ3v) is 7.76. The van der Waals surface area contributed by atoms with Gasteiger partial charge in [0.1, 0.15) is 0 Å². The van der Waals surface area contributed by atoms with Crippen molar-refractivity contribution in [1.29, 1.82) is 0 Å². The summed E-state index contributed by atoms with van der Waals surface area (Å²) >= 11 is 0. The molecule has 0 saturated carbocycles. The molecule has 0 aliphatic heterocycles. The zero-order chi connectivity index (χ0) is 27.7. The van der Waals surface area contributed by atoms with Crippen LogP contribution in [-0.2, 0) is 32.5 Å². The lowest BCUT2D eigenvalue weighted by Gasteiger charge is -2.09. The minimum absolute atomic E-state index is 0.00471. The molecule has 0 unspecified atom stereocenters. The number of aromatic amines is 1. The molecular weight excluding hydrogens is 521 g/mol. The lowest BCUT2D eigenvalue weighted by molar-refractivity contribution is -0.119. The molecule has 10 heteroatoms. The minimum atomic E-state index is -4.00.